The molecule has 10 heteroatoms. The number of amides is 3. The average molecular weight is 528 g/mol. The van der Waals surface area contributed by atoms with Crippen LogP contribution >= 0.6 is 0 Å². The summed E-state index contributed by atoms with van der Waals surface area (Å²) >= 11 is 0. The Morgan fingerprint density at radius 1 is 1.08 bits per heavy atom. The van der Waals surface area contributed by atoms with Crippen LogP contribution in [0.2, 0.25) is 0 Å². The largest absolute Gasteiger partial charge is 0.497 e. The van der Waals surface area contributed by atoms with Crippen molar-refractivity contribution >= 4 is 27.7 Å². The number of methoxy groups -OCH3 is 1. The zero-order chi connectivity index (χ0) is 26.6. The maximum Gasteiger partial charge on any atom is 0.269 e. The Morgan fingerprint density at radius 2 is 1.76 bits per heavy atom. The minimum Gasteiger partial charge on any atom is -0.497 e. The predicted octanol–water partition coefficient (Wildman–Crippen LogP) is 3.10. The molecule has 3 amide bonds. The summed E-state index contributed by atoms with van der Waals surface area (Å²) in [5, 5.41) is 3.09. The monoisotopic (exact) mass is 527 g/mol. The molecule has 2 aliphatic rings. The first-order chi connectivity index (χ1) is 17.8. The Hall–Kier alpha value is -3.40. The number of benzene rings is 2. The fourth-order valence-electron chi connectivity index (χ4n) is 4.99. The van der Waals surface area contributed by atoms with Crippen molar-refractivity contribution in [3.05, 3.63) is 59.7 Å². The van der Waals surface area contributed by atoms with Gasteiger partial charge in [0.15, 0.2) is 0 Å². The molecule has 37 heavy (non-hydrogen) atoms. The quantitative estimate of drug-likeness (QED) is 0.536. The van der Waals surface area contributed by atoms with Crippen LogP contribution in [0, 0.1) is 0 Å². The second-order valence-corrected chi connectivity index (χ2v) is 11.3. The summed E-state index contributed by atoms with van der Waals surface area (Å²) in [5.41, 5.74) is 0.788. The van der Waals surface area contributed by atoms with Crippen LogP contribution in [-0.4, -0.2) is 61.1 Å². The SMILES string of the molecule is CCC(C(=O)NC1CCCCC1)N(Cc1ccc(OC)cc1)C(=O)CN1C(=O)c2ccccc2S1(=O)=O. The fraction of sp³-hybridized carbons (Fsp3) is 0.444. The third-order valence-corrected chi connectivity index (χ3v) is 8.83. The van der Waals surface area contributed by atoms with Gasteiger partial charge in [0.25, 0.3) is 15.9 Å². The molecule has 1 saturated carbocycles. The Labute approximate surface area is 217 Å². The first-order valence-corrected chi connectivity index (χ1v) is 14.1. The highest BCUT2D eigenvalue weighted by atomic mass is 32.2. The van der Waals surface area contributed by atoms with E-state index in [1.165, 1.54) is 23.1 Å². The van der Waals surface area contributed by atoms with E-state index in [-0.39, 0.29) is 29.0 Å². The molecule has 1 atom stereocenters. The highest BCUT2D eigenvalue weighted by molar-refractivity contribution is 7.90. The Morgan fingerprint density at radius 3 is 2.38 bits per heavy atom. The number of carbonyl (C=O) groups is 3. The lowest BCUT2D eigenvalue weighted by Crippen LogP contribution is -2.53. The van der Waals surface area contributed by atoms with Crippen LogP contribution in [0.1, 0.15) is 61.4 Å². The van der Waals surface area contributed by atoms with Crippen LogP contribution in [0.4, 0.5) is 0 Å². The van der Waals surface area contributed by atoms with Gasteiger partial charge in [-0.15, -0.1) is 0 Å². The smallest absolute Gasteiger partial charge is 0.269 e. The van der Waals surface area contributed by atoms with Gasteiger partial charge < -0.3 is 15.0 Å². The van der Waals surface area contributed by atoms with E-state index in [1.807, 2.05) is 6.92 Å². The molecule has 0 radical (unpaired) electrons. The van der Waals surface area contributed by atoms with Crippen molar-refractivity contribution in [1.29, 1.82) is 0 Å². The number of hydrogen-bond acceptors (Lipinski definition) is 6. The molecular formula is C27H33N3O6S. The standard InChI is InChI=1S/C27H33N3O6S/c1-3-23(26(32)28-20-9-5-4-6-10-20)29(17-19-13-15-21(36-2)16-14-19)25(31)18-30-27(33)22-11-7-8-12-24(22)37(30,34)35/h7-8,11-16,20,23H,3-6,9-10,17-18H2,1-2H3,(H,28,32). The molecule has 2 aromatic rings. The number of nitrogens with one attached hydrogen (secondary N) is 1. The van der Waals surface area contributed by atoms with Gasteiger partial charge in [0.05, 0.1) is 12.7 Å². The fourth-order valence-corrected chi connectivity index (χ4v) is 6.51. The number of ether oxygens (including phenoxy) is 1. The van der Waals surface area contributed by atoms with E-state index in [1.54, 1.807) is 37.4 Å². The molecule has 1 fully saturated rings. The van der Waals surface area contributed by atoms with Crippen molar-refractivity contribution in [3.63, 3.8) is 0 Å². The van der Waals surface area contributed by atoms with Crippen molar-refractivity contribution in [3.8, 4) is 5.75 Å². The van der Waals surface area contributed by atoms with Crippen LogP contribution in [0.15, 0.2) is 53.4 Å². The van der Waals surface area contributed by atoms with Gasteiger partial charge in [-0.3, -0.25) is 14.4 Å². The summed E-state index contributed by atoms with van der Waals surface area (Å²) in [6.07, 6.45) is 5.37. The number of hydrogen-bond donors (Lipinski definition) is 1. The summed E-state index contributed by atoms with van der Waals surface area (Å²) in [6.45, 7) is 1.21. The van der Waals surface area contributed by atoms with E-state index < -0.39 is 34.4 Å². The van der Waals surface area contributed by atoms with Crippen molar-refractivity contribution in [2.45, 2.75) is 69.0 Å². The van der Waals surface area contributed by atoms with Gasteiger partial charge in [-0.2, -0.15) is 0 Å². The molecule has 4 rings (SSSR count). The van der Waals surface area contributed by atoms with E-state index in [4.69, 9.17) is 4.74 Å². The van der Waals surface area contributed by atoms with Crippen molar-refractivity contribution in [1.82, 2.24) is 14.5 Å². The highest BCUT2D eigenvalue weighted by Gasteiger charge is 2.43. The van der Waals surface area contributed by atoms with Crippen LogP contribution in [-0.2, 0) is 26.2 Å². The summed E-state index contributed by atoms with van der Waals surface area (Å²) in [4.78, 5) is 41.2. The topological polar surface area (TPSA) is 113 Å². The van der Waals surface area contributed by atoms with E-state index >= 15 is 0 Å². The molecule has 9 nitrogen and oxygen atoms in total. The van der Waals surface area contributed by atoms with Crippen LogP contribution in [0.5, 0.6) is 5.75 Å². The molecule has 0 spiro atoms. The van der Waals surface area contributed by atoms with Crippen LogP contribution < -0.4 is 10.1 Å². The Bertz CT molecular complexity index is 1260. The molecule has 1 heterocycles. The third-order valence-electron chi connectivity index (χ3n) is 7.04. The maximum atomic E-state index is 13.7. The number of fused-ring (bicyclic) bond motifs is 1. The van der Waals surface area contributed by atoms with E-state index in [0.717, 1.165) is 37.7 Å². The van der Waals surface area contributed by atoms with Crippen LogP contribution in [0.3, 0.4) is 0 Å². The molecule has 1 aliphatic heterocycles. The van der Waals surface area contributed by atoms with E-state index in [9.17, 15) is 22.8 Å². The lowest BCUT2D eigenvalue weighted by atomic mass is 9.95. The molecule has 2 aromatic carbocycles. The number of sulfonamides is 1. The summed E-state index contributed by atoms with van der Waals surface area (Å²) < 4.78 is 31.9. The molecule has 1 unspecified atom stereocenters. The minimum atomic E-state index is -4.16. The molecule has 0 saturated heterocycles. The first-order valence-electron chi connectivity index (χ1n) is 12.6. The normalized spacial score (nSPS) is 17.7. The summed E-state index contributed by atoms with van der Waals surface area (Å²) in [5.74, 6) is -0.982. The van der Waals surface area contributed by atoms with Crippen molar-refractivity contribution in [2.24, 2.45) is 0 Å². The summed E-state index contributed by atoms with van der Waals surface area (Å²) in [6, 6.07) is 12.2. The van der Waals surface area contributed by atoms with Gasteiger partial charge in [-0.05, 0) is 49.1 Å². The molecule has 198 valence electrons. The molecule has 1 aliphatic carbocycles. The van der Waals surface area contributed by atoms with Crippen molar-refractivity contribution in [2.75, 3.05) is 13.7 Å². The second kappa shape index (κ2) is 11.3. The van der Waals surface area contributed by atoms with Crippen LogP contribution in [0.25, 0.3) is 0 Å². The maximum absolute atomic E-state index is 13.7. The van der Waals surface area contributed by atoms with Gasteiger partial charge in [0.1, 0.15) is 23.2 Å². The van der Waals surface area contributed by atoms with Gasteiger partial charge in [-0.1, -0.05) is 50.5 Å². The number of carbonyl (C=O) groups excluding carboxylic acids is 3. The highest BCUT2D eigenvalue weighted by Crippen LogP contribution is 2.30. The summed E-state index contributed by atoms with van der Waals surface area (Å²) in [7, 11) is -2.61. The average Bonchev–Trinajstić information content (AvgIpc) is 3.10. The van der Waals surface area contributed by atoms with Gasteiger partial charge in [0, 0.05) is 12.6 Å². The lowest BCUT2D eigenvalue weighted by molar-refractivity contribution is -0.141. The third kappa shape index (κ3) is 5.64. The zero-order valence-corrected chi connectivity index (χ0v) is 22.0. The predicted molar refractivity (Wildman–Crippen MR) is 137 cm³/mol. The molecule has 0 bridgehead atoms. The Balaban J connectivity index is 1.60. The van der Waals surface area contributed by atoms with Gasteiger partial charge in [-0.25, -0.2) is 12.7 Å². The van der Waals surface area contributed by atoms with E-state index in [2.05, 4.69) is 5.32 Å². The van der Waals surface area contributed by atoms with Gasteiger partial charge in [0.2, 0.25) is 11.8 Å². The minimum absolute atomic E-state index is 0.0408. The Kier molecular flexibility index (Phi) is 8.16. The number of rotatable bonds is 9. The first kappa shape index (κ1) is 26.7. The molecular weight excluding hydrogens is 494 g/mol. The van der Waals surface area contributed by atoms with Gasteiger partial charge >= 0.3 is 0 Å². The number of nitrogens with zero attached hydrogens (tertiary/aromatic N) is 2. The van der Waals surface area contributed by atoms with Crippen molar-refractivity contribution < 1.29 is 27.5 Å². The second-order valence-electron chi connectivity index (χ2n) is 9.45. The zero-order valence-electron chi connectivity index (χ0n) is 21.2. The lowest BCUT2D eigenvalue weighted by Gasteiger charge is -2.33. The molecule has 1 N–H and O–H groups in total. The molecule has 0 aromatic heterocycles. The van der Waals surface area contributed by atoms with E-state index in [0.29, 0.717) is 16.5 Å².